The van der Waals surface area contributed by atoms with Crippen LogP contribution in [0.15, 0.2) is 0 Å². The largest absolute Gasteiger partial charge is 0.375 e. The quantitative estimate of drug-likeness (QED) is 0.773. The zero-order valence-corrected chi connectivity index (χ0v) is 14.5. The molecule has 1 spiro atoms. The third-order valence-electron chi connectivity index (χ3n) is 6.02. The molecule has 2 atom stereocenters. The Morgan fingerprint density at radius 3 is 2.43 bits per heavy atom. The van der Waals surface area contributed by atoms with Gasteiger partial charge in [0.2, 0.25) is 0 Å². The van der Waals surface area contributed by atoms with Gasteiger partial charge in [-0.3, -0.25) is 0 Å². The van der Waals surface area contributed by atoms with Crippen molar-refractivity contribution >= 4 is 0 Å². The minimum Gasteiger partial charge on any atom is -0.375 e. The van der Waals surface area contributed by atoms with Crippen LogP contribution >= 0.6 is 0 Å². The minimum atomic E-state index is -0.0225. The first-order valence-electron chi connectivity index (χ1n) is 9.10. The molecule has 1 heterocycles. The summed E-state index contributed by atoms with van der Waals surface area (Å²) in [6.07, 6.45) is 9.75. The topological polar surface area (TPSA) is 30.5 Å². The molecule has 2 aliphatic rings. The fourth-order valence-corrected chi connectivity index (χ4v) is 4.92. The van der Waals surface area contributed by atoms with Gasteiger partial charge in [-0.15, -0.1) is 0 Å². The molecule has 0 aromatic rings. The van der Waals surface area contributed by atoms with Crippen molar-refractivity contribution in [1.82, 2.24) is 5.32 Å². The van der Waals surface area contributed by atoms with Crippen LogP contribution in [0.2, 0.25) is 0 Å². The van der Waals surface area contributed by atoms with Crippen LogP contribution < -0.4 is 5.32 Å². The minimum absolute atomic E-state index is 0.0225. The molecule has 1 saturated heterocycles. The third-order valence-corrected chi connectivity index (χ3v) is 6.02. The van der Waals surface area contributed by atoms with Crippen molar-refractivity contribution in [3.63, 3.8) is 0 Å². The van der Waals surface area contributed by atoms with E-state index in [2.05, 4.69) is 33.1 Å². The number of likely N-dealkylation sites (N-methyl/N-ethyl adjacent to an activating group) is 1. The normalized spacial score (nSPS) is 27.1. The van der Waals surface area contributed by atoms with Gasteiger partial charge < -0.3 is 14.8 Å². The third kappa shape index (κ3) is 3.46. The average molecular weight is 297 g/mol. The van der Waals surface area contributed by atoms with Crippen molar-refractivity contribution in [1.29, 1.82) is 0 Å². The predicted molar refractivity (Wildman–Crippen MR) is 87.7 cm³/mol. The molecule has 1 N–H and O–H groups in total. The van der Waals surface area contributed by atoms with E-state index in [1.807, 2.05) is 0 Å². The Hall–Kier alpha value is -0.120. The molecule has 0 aromatic carbocycles. The maximum atomic E-state index is 6.28. The van der Waals surface area contributed by atoms with Gasteiger partial charge in [0.25, 0.3) is 0 Å². The van der Waals surface area contributed by atoms with Crippen molar-refractivity contribution in [3.05, 3.63) is 0 Å². The molecule has 21 heavy (non-hydrogen) atoms. The molecule has 0 radical (unpaired) electrons. The lowest BCUT2D eigenvalue weighted by molar-refractivity contribution is -0.132. The maximum Gasteiger partial charge on any atom is 0.0831 e. The van der Waals surface area contributed by atoms with E-state index in [0.29, 0.717) is 12.0 Å². The molecule has 2 fully saturated rings. The molecule has 0 amide bonds. The Morgan fingerprint density at radius 2 is 1.90 bits per heavy atom. The Balaban J connectivity index is 2.14. The van der Waals surface area contributed by atoms with E-state index in [4.69, 9.17) is 9.47 Å². The molecule has 3 nitrogen and oxygen atoms in total. The van der Waals surface area contributed by atoms with Crippen LogP contribution in [0.5, 0.6) is 0 Å². The molecule has 2 unspecified atom stereocenters. The summed E-state index contributed by atoms with van der Waals surface area (Å²) in [4.78, 5) is 0. The van der Waals surface area contributed by atoms with Gasteiger partial charge in [-0.2, -0.15) is 0 Å². The van der Waals surface area contributed by atoms with E-state index in [0.717, 1.165) is 26.1 Å². The van der Waals surface area contributed by atoms with Crippen molar-refractivity contribution in [2.24, 2.45) is 5.92 Å². The fraction of sp³-hybridized carbons (Fsp3) is 1.00. The first kappa shape index (κ1) is 17.2. The Morgan fingerprint density at radius 1 is 1.24 bits per heavy atom. The molecule has 1 saturated carbocycles. The van der Waals surface area contributed by atoms with Crippen LogP contribution in [0, 0.1) is 5.92 Å². The first-order chi connectivity index (χ1) is 10.2. The fourth-order valence-electron chi connectivity index (χ4n) is 4.92. The van der Waals surface area contributed by atoms with Crippen molar-refractivity contribution < 1.29 is 9.47 Å². The summed E-state index contributed by atoms with van der Waals surface area (Å²) < 4.78 is 12.5. The van der Waals surface area contributed by atoms with Crippen molar-refractivity contribution in [2.75, 3.05) is 20.3 Å². The Bertz CT molecular complexity index is 308. The number of rotatable bonds is 7. The Kier molecular flexibility index (Phi) is 6.10. The molecule has 1 aliphatic carbocycles. The summed E-state index contributed by atoms with van der Waals surface area (Å²) in [6, 6.07) is 0.439. The van der Waals surface area contributed by atoms with Gasteiger partial charge in [-0.1, -0.05) is 26.7 Å². The summed E-state index contributed by atoms with van der Waals surface area (Å²) in [5, 5.41) is 3.63. The summed E-state index contributed by atoms with van der Waals surface area (Å²) in [6.45, 7) is 8.39. The number of hydrogen-bond donors (Lipinski definition) is 1. The van der Waals surface area contributed by atoms with E-state index < -0.39 is 0 Å². The highest BCUT2D eigenvalue weighted by Gasteiger charge is 2.47. The van der Waals surface area contributed by atoms with E-state index >= 15 is 0 Å². The number of hydrogen-bond acceptors (Lipinski definition) is 3. The van der Waals surface area contributed by atoms with Crippen LogP contribution in [0.3, 0.4) is 0 Å². The lowest BCUT2D eigenvalue weighted by Crippen LogP contribution is -2.57. The van der Waals surface area contributed by atoms with Crippen LogP contribution in [-0.2, 0) is 9.47 Å². The van der Waals surface area contributed by atoms with Gasteiger partial charge in [-0.05, 0) is 58.4 Å². The SMILES string of the molecule is CCOC(CC)(CC)C(NC)C1CCOC2(CCCC2)C1. The second-order valence-corrected chi connectivity index (χ2v) is 6.96. The van der Waals surface area contributed by atoms with E-state index in [1.54, 1.807) is 0 Å². The molecule has 2 rings (SSSR count). The second-order valence-electron chi connectivity index (χ2n) is 6.96. The van der Waals surface area contributed by atoms with Crippen molar-refractivity contribution in [3.8, 4) is 0 Å². The van der Waals surface area contributed by atoms with E-state index in [1.165, 1.54) is 38.5 Å². The zero-order valence-electron chi connectivity index (χ0n) is 14.5. The number of ether oxygens (including phenoxy) is 2. The zero-order chi connectivity index (χ0) is 15.3. The van der Waals surface area contributed by atoms with Gasteiger partial charge >= 0.3 is 0 Å². The van der Waals surface area contributed by atoms with Gasteiger partial charge in [0.05, 0.1) is 11.2 Å². The highest BCUT2D eigenvalue weighted by Crippen LogP contribution is 2.45. The molecular formula is C18H35NO2. The van der Waals surface area contributed by atoms with E-state index in [-0.39, 0.29) is 11.2 Å². The molecule has 124 valence electrons. The smallest absolute Gasteiger partial charge is 0.0831 e. The van der Waals surface area contributed by atoms with Crippen molar-refractivity contribution in [2.45, 2.75) is 89.4 Å². The highest BCUT2D eigenvalue weighted by molar-refractivity contribution is 5.00. The lowest BCUT2D eigenvalue weighted by Gasteiger charge is -2.48. The van der Waals surface area contributed by atoms with Gasteiger partial charge in [0.1, 0.15) is 0 Å². The van der Waals surface area contributed by atoms with Gasteiger partial charge in [0.15, 0.2) is 0 Å². The molecular weight excluding hydrogens is 262 g/mol. The van der Waals surface area contributed by atoms with Crippen LogP contribution in [0.1, 0.15) is 72.1 Å². The average Bonchev–Trinajstić information content (AvgIpc) is 2.95. The molecule has 0 bridgehead atoms. The first-order valence-corrected chi connectivity index (χ1v) is 9.10. The molecule has 3 heteroatoms. The maximum absolute atomic E-state index is 6.28. The molecule has 0 aromatic heterocycles. The van der Waals surface area contributed by atoms with Crippen LogP contribution in [0.4, 0.5) is 0 Å². The van der Waals surface area contributed by atoms with Crippen LogP contribution in [-0.4, -0.2) is 37.5 Å². The lowest BCUT2D eigenvalue weighted by atomic mass is 9.73. The Labute approximate surface area is 131 Å². The molecule has 1 aliphatic heterocycles. The summed E-state index contributed by atoms with van der Waals surface area (Å²) in [7, 11) is 2.11. The standard InChI is InChI=1S/C18H35NO2/c1-5-18(6-2,20-7-3)16(19-4)15-10-13-21-17(14-15)11-8-9-12-17/h15-16,19H,5-14H2,1-4H3. The van der Waals surface area contributed by atoms with E-state index in [9.17, 15) is 0 Å². The van der Waals surface area contributed by atoms with Gasteiger partial charge in [-0.25, -0.2) is 0 Å². The monoisotopic (exact) mass is 297 g/mol. The summed E-state index contributed by atoms with van der Waals surface area (Å²) >= 11 is 0. The number of nitrogens with one attached hydrogen (secondary N) is 1. The summed E-state index contributed by atoms with van der Waals surface area (Å²) in [5.74, 6) is 0.674. The van der Waals surface area contributed by atoms with Crippen LogP contribution in [0.25, 0.3) is 0 Å². The van der Waals surface area contributed by atoms with Gasteiger partial charge in [0, 0.05) is 19.3 Å². The predicted octanol–water partition coefficient (Wildman–Crippen LogP) is 3.91. The summed E-state index contributed by atoms with van der Waals surface area (Å²) in [5.41, 5.74) is 0.169. The second kappa shape index (κ2) is 7.43. The highest BCUT2D eigenvalue weighted by atomic mass is 16.5.